The van der Waals surface area contributed by atoms with Gasteiger partial charge in [0.25, 0.3) is 0 Å². The van der Waals surface area contributed by atoms with Crippen molar-refractivity contribution in [3.8, 4) is 0 Å². The van der Waals surface area contributed by atoms with Crippen LogP contribution in [0.5, 0.6) is 0 Å². The molecule has 0 aromatic heterocycles. The minimum absolute atomic E-state index is 0. The fourth-order valence-corrected chi connectivity index (χ4v) is 0.241. The van der Waals surface area contributed by atoms with Gasteiger partial charge in [0.05, 0.1) is 0 Å². The molecular formula is C3H5KO2. The number of rotatable bonds is 0. The minimum atomic E-state index is 0. The van der Waals surface area contributed by atoms with Crippen LogP contribution >= 0.6 is 0 Å². The van der Waals surface area contributed by atoms with E-state index >= 15 is 0 Å². The second-order valence-electron chi connectivity index (χ2n) is 0.858. The van der Waals surface area contributed by atoms with Crippen molar-refractivity contribution in [2.24, 2.45) is 0 Å². The van der Waals surface area contributed by atoms with Gasteiger partial charge in [0, 0.05) is 0 Å². The van der Waals surface area contributed by atoms with Gasteiger partial charge in [0.15, 0.2) is 0 Å². The molecule has 0 radical (unpaired) electrons. The Labute approximate surface area is 79.5 Å². The van der Waals surface area contributed by atoms with Crippen LogP contribution < -0.4 is 51.4 Å². The van der Waals surface area contributed by atoms with Crippen LogP contribution in [-0.4, -0.2) is 13.2 Å². The van der Waals surface area contributed by atoms with E-state index in [9.17, 15) is 0 Å². The number of hydrogen-bond donors (Lipinski definition) is 0. The topological polar surface area (TPSA) is 18.5 Å². The first-order valence-corrected chi connectivity index (χ1v) is 1.56. The molecule has 0 bridgehead atoms. The summed E-state index contributed by atoms with van der Waals surface area (Å²) in [5.41, 5.74) is 0. The van der Waals surface area contributed by atoms with Crippen molar-refractivity contribution in [2.75, 3.05) is 13.2 Å². The second kappa shape index (κ2) is 4.71. The molecule has 0 aromatic rings. The van der Waals surface area contributed by atoms with Crippen LogP contribution in [0.2, 0.25) is 0 Å². The SMILES string of the molecule is [CH-]1COOC1.[K+]. The summed E-state index contributed by atoms with van der Waals surface area (Å²) >= 11 is 0. The molecule has 0 atom stereocenters. The van der Waals surface area contributed by atoms with Gasteiger partial charge in [-0.25, -0.2) is 0 Å². The van der Waals surface area contributed by atoms with E-state index in [1.807, 2.05) is 6.42 Å². The Morgan fingerprint density at radius 3 is 1.83 bits per heavy atom. The summed E-state index contributed by atoms with van der Waals surface area (Å²) in [6.07, 6.45) is 1.92. The molecule has 0 amide bonds. The molecule has 1 aliphatic rings. The predicted octanol–water partition coefficient (Wildman–Crippen LogP) is -2.84. The maximum absolute atomic E-state index is 4.39. The summed E-state index contributed by atoms with van der Waals surface area (Å²) in [4.78, 5) is 8.78. The first-order valence-electron chi connectivity index (χ1n) is 1.56. The Kier molecular flexibility index (Phi) is 5.93. The Bertz CT molecular complexity index is 20.4. The number of hydrogen-bond acceptors (Lipinski definition) is 2. The first kappa shape index (κ1) is 7.56. The summed E-state index contributed by atoms with van der Waals surface area (Å²) in [5, 5.41) is 0. The molecule has 30 valence electrons. The minimum Gasteiger partial charge on any atom is -0.272 e. The van der Waals surface area contributed by atoms with E-state index in [1.165, 1.54) is 0 Å². The Hall–Kier alpha value is 1.56. The fraction of sp³-hybridized carbons (Fsp3) is 0.667. The molecule has 0 aromatic carbocycles. The quantitative estimate of drug-likeness (QED) is 0.191. The van der Waals surface area contributed by atoms with Gasteiger partial charge in [0.1, 0.15) is 0 Å². The molecule has 0 N–H and O–H groups in total. The summed E-state index contributed by atoms with van der Waals surface area (Å²) in [5.74, 6) is 0. The van der Waals surface area contributed by atoms with Crippen molar-refractivity contribution in [2.45, 2.75) is 0 Å². The first-order chi connectivity index (χ1) is 2.50. The van der Waals surface area contributed by atoms with Crippen LogP contribution in [0, 0.1) is 6.42 Å². The molecule has 1 heterocycles. The summed E-state index contributed by atoms with van der Waals surface area (Å²) < 4.78 is 0. The van der Waals surface area contributed by atoms with Crippen molar-refractivity contribution in [3.63, 3.8) is 0 Å². The molecule has 1 rings (SSSR count). The average Bonchev–Trinajstić information content (AvgIpc) is 1.76. The van der Waals surface area contributed by atoms with Gasteiger partial charge in [-0.05, 0) is 13.2 Å². The summed E-state index contributed by atoms with van der Waals surface area (Å²) in [6, 6.07) is 0. The third-order valence-corrected chi connectivity index (χ3v) is 0.455. The molecule has 1 fully saturated rings. The van der Waals surface area contributed by atoms with Crippen molar-refractivity contribution < 1.29 is 61.2 Å². The van der Waals surface area contributed by atoms with E-state index in [0.717, 1.165) is 0 Å². The largest absolute Gasteiger partial charge is 1.00 e. The van der Waals surface area contributed by atoms with Gasteiger partial charge in [0.2, 0.25) is 0 Å². The van der Waals surface area contributed by atoms with Crippen molar-refractivity contribution in [3.05, 3.63) is 6.42 Å². The zero-order valence-electron chi connectivity index (χ0n) is 3.81. The van der Waals surface area contributed by atoms with Crippen LogP contribution in [-0.2, 0) is 9.78 Å². The van der Waals surface area contributed by atoms with Crippen LogP contribution in [0.1, 0.15) is 0 Å². The van der Waals surface area contributed by atoms with Crippen LogP contribution in [0.15, 0.2) is 0 Å². The molecular weight excluding hydrogens is 107 g/mol. The summed E-state index contributed by atoms with van der Waals surface area (Å²) in [7, 11) is 0. The smallest absolute Gasteiger partial charge is 0.272 e. The van der Waals surface area contributed by atoms with E-state index in [0.29, 0.717) is 13.2 Å². The monoisotopic (exact) mass is 112 g/mol. The van der Waals surface area contributed by atoms with Gasteiger partial charge in [-0.1, -0.05) is 0 Å². The zero-order valence-corrected chi connectivity index (χ0v) is 6.93. The Morgan fingerprint density at radius 2 is 1.67 bits per heavy atom. The van der Waals surface area contributed by atoms with Crippen molar-refractivity contribution in [1.82, 2.24) is 0 Å². The van der Waals surface area contributed by atoms with Gasteiger partial charge in [-0.2, -0.15) is 0 Å². The maximum atomic E-state index is 4.39. The van der Waals surface area contributed by atoms with Crippen molar-refractivity contribution in [1.29, 1.82) is 0 Å². The zero-order chi connectivity index (χ0) is 3.54. The normalized spacial score (nSPS) is 20.0. The Balaban J connectivity index is 0.000000250. The van der Waals surface area contributed by atoms with E-state index in [-0.39, 0.29) is 51.4 Å². The molecule has 6 heavy (non-hydrogen) atoms. The molecule has 0 unspecified atom stereocenters. The Morgan fingerprint density at radius 1 is 1.17 bits per heavy atom. The van der Waals surface area contributed by atoms with Gasteiger partial charge in [-0.15, -0.1) is 0 Å². The van der Waals surface area contributed by atoms with E-state index in [2.05, 4.69) is 9.78 Å². The molecule has 1 aliphatic heterocycles. The second-order valence-corrected chi connectivity index (χ2v) is 0.858. The van der Waals surface area contributed by atoms with Crippen LogP contribution in [0.4, 0.5) is 0 Å². The molecule has 2 nitrogen and oxygen atoms in total. The third-order valence-electron chi connectivity index (χ3n) is 0.455. The summed E-state index contributed by atoms with van der Waals surface area (Å²) in [6.45, 7) is 1.31. The van der Waals surface area contributed by atoms with Gasteiger partial charge in [-0.3, -0.25) is 16.2 Å². The van der Waals surface area contributed by atoms with E-state index in [1.54, 1.807) is 0 Å². The molecule has 0 spiro atoms. The molecule has 3 heteroatoms. The van der Waals surface area contributed by atoms with Gasteiger partial charge < -0.3 is 0 Å². The third kappa shape index (κ3) is 2.68. The molecule has 0 aliphatic carbocycles. The fourth-order valence-electron chi connectivity index (χ4n) is 0.241. The maximum Gasteiger partial charge on any atom is 1.00 e. The van der Waals surface area contributed by atoms with E-state index < -0.39 is 0 Å². The standard InChI is InChI=1S/C3H5O2.K/c1-2-4-5-3-1;/h1H,2-3H2;/q-1;+1. The van der Waals surface area contributed by atoms with Crippen molar-refractivity contribution >= 4 is 0 Å². The molecule has 0 saturated carbocycles. The predicted molar refractivity (Wildman–Crippen MR) is 16.2 cm³/mol. The van der Waals surface area contributed by atoms with Crippen LogP contribution in [0.3, 0.4) is 0 Å². The van der Waals surface area contributed by atoms with Gasteiger partial charge >= 0.3 is 51.4 Å². The average molecular weight is 112 g/mol. The van der Waals surface area contributed by atoms with Crippen LogP contribution in [0.25, 0.3) is 0 Å². The molecule has 1 saturated heterocycles. The van der Waals surface area contributed by atoms with E-state index in [4.69, 9.17) is 0 Å².